The molecule has 0 aromatic heterocycles. The Balaban J connectivity index is 2.74. The lowest BCUT2D eigenvalue weighted by Crippen LogP contribution is -2.14. The van der Waals surface area contributed by atoms with Gasteiger partial charge in [0.2, 0.25) is 0 Å². The number of hydrogen-bond donors (Lipinski definition) is 2. The summed E-state index contributed by atoms with van der Waals surface area (Å²) in [6, 6.07) is 6.74. The third kappa shape index (κ3) is 3.30. The lowest BCUT2D eigenvalue weighted by Gasteiger charge is -2.18. The summed E-state index contributed by atoms with van der Waals surface area (Å²) in [7, 11) is 0. The van der Waals surface area contributed by atoms with Gasteiger partial charge in [-0.15, -0.1) is 0 Å². The minimum atomic E-state index is -0.00241. The quantitative estimate of drug-likeness (QED) is 0.764. The molecular weight excluding hydrogens is 300 g/mol. The molecule has 0 amide bonds. The molecule has 128 valence electrons. The van der Waals surface area contributed by atoms with Crippen molar-refractivity contribution in [3.63, 3.8) is 0 Å². The van der Waals surface area contributed by atoms with E-state index >= 15 is 0 Å². The van der Waals surface area contributed by atoms with E-state index in [0.29, 0.717) is 36.8 Å². The molecule has 0 spiro atoms. The Morgan fingerprint density at radius 3 is 1.12 bits per heavy atom. The van der Waals surface area contributed by atoms with Gasteiger partial charge in [0.1, 0.15) is 11.5 Å². The minimum Gasteiger partial charge on any atom is -0.508 e. The molecule has 2 rings (SSSR count). The summed E-state index contributed by atoms with van der Waals surface area (Å²) in [5.74, 6) is 0.409. The number of phenols is 2. The topological polar surface area (TPSA) is 57.5 Å². The van der Waals surface area contributed by atoms with Gasteiger partial charge in [-0.2, -0.15) is 0 Å². The number of carbonyl (C=O) groups excluding carboxylic acids is 1. The first-order valence-electron chi connectivity index (χ1n) is 8.70. The first-order chi connectivity index (χ1) is 11.5. The van der Waals surface area contributed by atoms with Crippen molar-refractivity contribution >= 4 is 5.78 Å². The monoisotopic (exact) mass is 326 g/mol. The van der Waals surface area contributed by atoms with Gasteiger partial charge in [0.05, 0.1) is 0 Å². The number of benzene rings is 2. The van der Waals surface area contributed by atoms with Crippen LogP contribution < -0.4 is 0 Å². The molecule has 0 radical (unpaired) electrons. The van der Waals surface area contributed by atoms with Crippen LogP contribution in [0.4, 0.5) is 0 Å². The van der Waals surface area contributed by atoms with Crippen LogP contribution in [0.1, 0.15) is 65.9 Å². The summed E-state index contributed by atoms with van der Waals surface area (Å²) in [6.07, 6.45) is 2.74. The number of aryl methyl sites for hydroxylation is 4. The van der Waals surface area contributed by atoms with Crippen molar-refractivity contribution in [1.82, 2.24) is 0 Å². The SMILES string of the molecule is CCc1cc(O)cc(CC)c1C(=O)c1c(CC)cc(O)cc1CC. The van der Waals surface area contributed by atoms with Crippen LogP contribution >= 0.6 is 0 Å². The smallest absolute Gasteiger partial charge is 0.194 e. The molecule has 0 atom stereocenters. The average molecular weight is 326 g/mol. The molecule has 0 aliphatic rings. The molecule has 2 N–H and O–H groups in total. The Bertz CT molecular complexity index is 646. The van der Waals surface area contributed by atoms with Crippen molar-refractivity contribution in [2.45, 2.75) is 53.4 Å². The highest BCUT2D eigenvalue weighted by atomic mass is 16.3. The molecule has 0 bridgehead atoms. The van der Waals surface area contributed by atoms with Crippen LogP contribution in [0.15, 0.2) is 24.3 Å². The molecule has 0 aliphatic heterocycles. The second-order valence-electron chi connectivity index (χ2n) is 6.02. The van der Waals surface area contributed by atoms with E-state index < -0.39 is 0 Å². The maximum absolute atomic E-state index is 13.4. The molecular formula is C21H26O3. The maximum atomic E-state index is 13.4. The third-order valence-corrected chi connectivity index (χ3v) is 4.55. The summed E-state index contributed by atoms with van der Waals surface area (Å²) < 4.78 is 0. The molecule has 2 aromatic rings. The molecule has 3 heteroatoms. The van der Waals surface area contributed by atoms with Gasteiger partial charge in [-0.3, -0.25) is 4.79 Å². The van der Waals surface area contributed by atoms with Crippen molar-refractivity contribution in [2.75, 3.05) is 0 Å². The van der Waals surface area contributed by atoms with Gasteiger partial charge < -0.3 is 10.2 Å². The molecule has 0 saturated heterocycles. The summed E-state index contributed by atoms with van der Waals surface area (Å²) >= 11 is 0. The van der Waals surface area contributed by atoms with Gasteiger partial charge in [-0.25, -0.2) is 0 Å². The summed E-state index contributed by atoms with van der Waals surface area (Å²) in [5.41, 5.74) is 4.88. The van der Waals surface area contributed by atoms with Gasteiger partial charge in [-0.1, -0.05) is 27.7 Å². The zero-order chi connectivity index (χ0) is 17.9. The molecule has 3 nitrogen and oxygen atoms in total. The third-order valence-electron chi connectivity index (χ3n) is 4.55. The van der Waals surface area contributed by atoms with E-state index in [0.717, 1.165) is 22.3 Å². The van der Waals surface area contributed by atoms with Crippen LogP contribution in [0.25, 0.3) is 0 Å². The summed E-state index contributed by atoms with van der Waals surface area (Å²) in [6.45, 7) is 7.96. The lowest BCUT2D eigenvalue weighted by molar-refractivity contribution is 0.103. The largest absolute Gasteiger partial charge is 0.508 e. The lowest BCUT2D eigenvalue weighted by atomic mass is 9.86. The number of ketones is 1. The van der Waals surface area contributed by atoms with E-state index in [2.05, 4.69) is 0 Å². The second kappa shape index (κ2) is 7.52. The highest BCUT2D eigenvalue weighted by Gasteiger charge is 2.23. The minimum absolute atomic E-state index is 0.00241. The van der Waals surface area contributed by atoms with Gasteiger partial charge in [-0.05, 0) is 72.2 Å². The molecule has 24 heavy (non-hydrogen) atoms. The fraction of sp³-hybridized carbons (Fsp3) is 0.381. The van der Waals surface area contributed by atoms with E-state index in [1.807, 2.05) is 27.7 Å². The predicted molar refractivity (Wildman–Crippen MR) is 97.2 cm³/mol. The van der Waals surface area contributed by atoms with Crippen LogP contribution in [0.3, 0.4) is 0 Å². The van der Waals surface area contributed by atoms with Crippen molar-refractivity contribution in [2.24, 2.45) is 0 Å². The van der Waals surface area contributed by atoms with Gasteiger partial charge in [0.25, 0.3) is 0 Å². The molecule has 0 fully saturated rings. The van der Waals surface area contributed by atoms with Gasteiger partial charge >= 0.3 is 0 Å². The number of rotatable bonds is 6. The Morgan fingerprint density at radius 2 is 0.917 bits per heavy atom. The Morgan fingerprint density at radius 1 is 0.667 bits per heavy atom. The number of aromatic hydroxyl groups is 2. The number of phenolic OH excluding ortho intramolecular Hbond substituents is 2. The standard InChI is InChI=1S/C21H26O3/c1-5-13-9-17(22)10-14(6-2)19(13)21(24)20-15(7-3)11-18(23)12-16(20)8-4/h9-12,22-23H,5-8H2,1-4H3. The Hall–Kier alpha value is -2.29. The molecule has 0 heterocycles. The van der Waals surface area contributed by atoms with Crippen LogP contribution in [0.5, 0.6) is 11.5 Å². The Kier molecular flexibility index (Phi) is 5.66. The first kappa shape index (κ1) is 18.1. The van der Waals surface area contributed by atoms with Crippen LogP contribution in [-0.4, -0.2) is 16.0 Å². The van der Waals surface area contributed by atoms with E-state index in [1.54, 1.807) is 24.3 Å². The predicted octanol–water partition coefficient (Wildman–Crippen LogP) is 4.58. The number of hydrogen-bond acceptors (Lipinski definition) is 3. The highest BCUT2D eigenvalue weighted by Crippen LogP contribution is 2.30. The Labute approximate surface area is 144 Å². The van der Waals surface area contributed by atoms with Crippen LogP contribution in [0, 0.1) is 0 Å². The van der Waals surface area contributed by atoms with Crippen LogP contribution in [0.2, 0.25) is 0 Å². The normalized spacial score (nSPS) is 10.8. The summed E-state index contributed by atoms with van der Waals surface area (Å²) in [4.78, 5) is 13.4. The fourth-order valence-electron chi connectivity index (χ4n) is 3.32. The zero-order valence-electron chi connectivity index (χ0n) is 14.9. The molecule has 0 saturated carbocycles. The van der Waals surface area contributed by atoms with Crippen molar-refractivity contribution in [3.8, 4) is 11.5 Å². The van der Waals surface area contributed by atoms with E-state index in [1.165, 1.54) is 0 Å². The van der Waals surface area contributed by atoms with E-state index in [4.69, 9.17) is 0 Å². The van der Waals surface area contributed by atoms with Gasteiger partial charge in [0, 0.05) is 11.1 Å². The van der Waals surface area contributed by atoms with Gasteiger partial charge in [0.15, 0.2) is 5.78 Å². The van der Waals surface area contributed by atoms with Crippen LogP contribution in [-0.2, 0) is 25.7 Å². The van der Waals surface area contributed by atoms with Crippen molar-refractivity contribution < 1.29 is 15.0 Å². The second-order valence-corrected chi connectivity index (χ2v) is 6.02. The highest BCUT2D eigenvalue weighted by molar-refractivity contribution is 6.13. The summed E-state index contributed by atoms with van der Waals surface area (Å²) in [5, 5.41) is 19.9. The number of carbonyl (C=O) groups is 1. The maximum Gasteiger partial charge on any atom is 0.194 e. The van der Waals surface area contributed by atoms with Crippen molar-refractivity contribution in [3.05, 3.63) is 57.6 Å². The molecule has 0 aliphatic carbocycles. The molecule has 0 unspecified atom stereocenters. The molecule has 2 aromatic carbocycles. The van der Waals surface area contributed by atoms with Crippen molar-refractivity contribution in [1.29, 1.82) is 0 Å². The average Bonchev–Trinajstić information content (AvgIpc) is 2.59. The van der Waals surface area contributed by atoms with E-state index in [9.17, 15) is 15.0 Å². The fourth-order valence-corrected chi connectivity index (χ4v) is 3.32. The first-order valence-corrected chi connectivity index (χ1v) is 8.70. The van der Waals surface area contributed by atoms with E-state index in [-0.39, 0.29) is 17.3 Å². The zero-order valence-corrected chi connectivity index (χ0v) is 14.9.